The highest BCUT2D eigenvalue weighted by Gasteiger charge is 1.98. The van der Waals surface area contributed by atoms with Gasteiger partial charge in [-0.3, -0.25) is 0 Å². The molecule has 20 heavy (non-hydrogen) atoms. The Hall–Kier alpha value is -1.96. The Bertz CT molecular complexity index is 491. The maximum atomic E-state index is 5.65. The van der Waals surface area contributed by atoms with E-state index in [9.17, 15) is 0 Å². The zero-order valence-corrected chi connectivity index (χ0v) is 12.3. The fourth-order valence-corrected chi connectivity index (χ4v) is 2.00. The van der Waals surface area contributed by atoms with Gasteiger partial charge in [0.25, 0.3) is 0 Å². The van der Waals surface area contributed by atoms with Crippen LogP contribution in [0.25, 0.3) is 0 Å². The van der Waals surface area contributed by atoms with Gasteiger partial charge in [0.1, 0.15) is 5.75 Å². The second-order valence-electron chi connectivity index (χ2n) is 5.22. The predicted molar refractivity (Wildman–Crippen MR) is 85.6 cm³/mol. The van der Waals surface area contributed by atoms with E-state index in [1.807, 2.05) is 30.3 Å². The Morgan fingerprint density at radius 1 is 0.950 bits per heavy atom. The van der Waals surface area contributed by atoms with Crippen molar-refractivity contribution in [3.05, 3.63) is 60.2 Å². The molecule has 0 amide bonds. The summed E-state index contributed by atoms with van der Waals surface area (Å²) in [5, 5.41) is 3.42. The third-order valence-electron chi connectivity index (χ3n) is 3.24. The molecule has 0 unspecified atom stereocenters. The number of rotatable bonds is 7. The standard InChI is InChI=1S/C18H23NO/c1-15(2)16-9-11-17(12-10-16)19-13-6-14-20-18-7-4-3-5-8-18/h3-5,7-12,15,19H,6,13-14H2,1-2H3. The van der Waals surface area contributed by atoms with Gasteiger partial charge in [-0.2, -0.15) is 0 Å². The van der Waals surface area contributed by atoms with Gasteiger partial charge in [0, 0.05) is 12.2 Å². The summed E-state index contributed by atoms with van der Waals surface area (Å²) in [6, 6.07) is 18.6. The van der Waals surface area contributed by atoms with Gasteiger partial charge in [-0.15, -0.1) is 0 Å². The molecule has 0 aliphatic carbocycles. The Labute approximate surface area is 121 Å². The number of hydrogen-bond donors (Lipinski definition) is 1. The van der Waals surface area contributed by atoms with E-state index < -0.39 is 0 Å². The minimum atomic E-state index is 0.586. The van der Waals surface area contributed by atoms with E-state index >= 15 is 0 Å². The molecule has 0 spiro atoms. The molecule has 0 fully saturated rings. The van der Waals surface area contributed by atoms with Crippen LogP contribution in [0.4, 0.5) is 5.69 Å². The topological polar surface area (TPSA) is 21.3 Å². The highest BCUT2D eigenvalue weighted by atomic mass is 16.5. The summed E-state index contributed by atoms with van der Waals surface area (Å²) in [5.41, 5.74) is 2.55. The molecule has 0 bridgehead atoms. The SMILES string of the molecule is CC(C)c1ccc(NCCCOc2ccccc2)cc1. The van der Waals surface area contributed by atoms with Crippen molar-refractivity contribution in [3.8, 4) is 5.75 Å². The summed E-state index contributed by atoms with van der Waals surface area (Å²) >= 11 is 0. The Kier molecular flexibility index (Phi) is 5.48. The molecule has 2 heteroatoms. The maximum Gasteiger partial charge on any atom is 0.119 e. The number of nitrogens with one attached hydrogen (secondary N) is 1. The summed E-state index contributed by atoms with van der Waals surface area (Å²) in [7, 11) is 0. The molecule has 106 valence electrons. The molecule has 0 saturated carbocycles. The van der Waals surface area contributed by atoms with Crippen molar-refractivity contribution >= 4 is 5.69 Å². The average Bonchev–Trinajstić information content (AvgIpc) is 2.48. The van der Waals surface area contributed by atoms with Gasteiger partial charge in [0.05, 0.1) is 6.61 Å². The smallest absolute Gasteiger partial charge is 0.119 e. The first-order valence-corrected chi connectivity index (χ1v) is 7.27. The van der Waals surface area contributed by atoms with Gasteiger partial charge >= 0.3 is 0 Å². The Morgan fingerprint density at radius 3 is 2.30 bits per heavy atom. The van der Waals surface area contributed by atoms with Gasteiger partial charge in [-0.05, 0) is 42.2 Å². The van der Waals surface area contributed by atoms with Gasteiger partial charge in [0.15, 0.2) is 0 Å². The number of para-hydroxylation sites is 1. The molecule has 0 aliphatic heterocycles. The van der Waals surface area contributed by atoms with Crippen LogP contribution in [0.1, 0.15) is 31.7 Å². The number of hydrogen-bond acceptors (Lipinski definition) is 2. The molecule has 2 rings (SSSR count). The first kappa shape index (κ1) is 14.4. The first-order valence-electron chi connectivity index (χ1n) is 7.27. The molecule has 1 N–H and O–H groups in total. The van der Waals surface area contributed by atoms with Crippen molar-refractivity contribution < 1.29 is 4.74 Å². The van der Waals surface area contributed by atoms with Crippen LogP contribution in [0.2, 0.25) is 0 Å². The van der Waals surface area contributed by atoms with Gasteiger partial charge in [0.2, 0.25) is 0 Å². The van der Waals surface area contributed by atoms with Gasteiger partial charge in [-0.25, -0.2) is 0 Å². The average molecular weight is 269 g/mol. The molecule has 0 atom stereocenters. The van der Waals surface area contributed by atoms with Crippen molar-refractivity contribution in [2.75, 3.05) is 18.5 Å². The zero-order valence-electron chi connectivity index (χ0n) is 12.3. The van der Waals surface area contributed by atoms with E-state index in [0.29, 0.717) is 5.92 Å². The second kappa shape index (κ2) is 7.59. The summed E-state index contributed by atoms with van der Waals surface area (Å²) in [4.78, 5) is 0. The van der Waals surface area contributed by atoms with Gasteiger partial charge < -0.3 is 10.1 Å². The van der Waals surface area contributed by atoms with Crippen LogP contribution in [-0.2, 0) is 0 Å². The van der Waals surface area contributed by atoms with Crippen LogP contribution in [0.15, 0.2) is 54.6 Å². The van der Waals surface area contributed by atoms with Crippen LogP contribution in [-0.4, -0.2) is 13.2 Å². The van der Waals surface area contributed by atoms with Crippen molar-refractivity contribution in [1.29, 1.82) is 0 Å². The minimum Gasteiger partial charge on any atom is -0.494 e. The molecule has 2 aromatic rings. The molecule has 0 aromatic heterocycles. The van der Waals surface area contributed by atoms with E-state index in [4.69, 9.17) is 4.74 Å². The van der Waals surface area contributed by atoms with Crippen molar-refractivity contribution in [2.24, 2.45) is 0 Å². The summed E-state index contributed by atoms with van der Waals surface area (Å²) in [6.07, 6.45) is 0.987. The molecule has 0 radical (unpaired) electrons. The lowest BCUT2D eigenvalue weighted by atomic mass is 10.0. The van der Waals surface area contributed by atoms with Gasteiger partial charge in [-0.1, -0.05) is 44.2 Å². The molecule has 0 saturated heterocycles. The lowest BCUT2D eigenvalue weighted by molar-refractivity contribution is 0.315. The van der Waals surface area contributed by atoms with E-state index in [-0.39, 0.29) is 0 Å². The van der Waals surface area contributed by atoms with Crippen LogP contribution < -0.4 is 10.1 Å². The third-order valence-corrected chi connectivity index (χ3v) is 3.24. The molecule has 0 aliphatic rings. The summed E-state index contributed by atoms with van der Waals surface area (Å²) in [5.74, 6) is 1.53. The summed E-state index contributed by atoms with van der Waals surface area (Å²) < 4.78 is 5.65. The van der Waals surface area contributed by atoms with E-state index in [1.165, 1.54) is 11.3 Å². The molecule has 2 aromatic carbocycles. The van der Waals surface area contributed by atoms with Crippen LogP contribution >= 0.6 is 0 Å². The van der Waals surface area contributed by atoms with E-state index in [2.05, 4.69) is 43.4 Å². The lowest BCUT2D eigenvalue weighted by Gasteiger charge is -2.10. The Morgan fingerprint density at radius 2 is 1.65 bits per heavy atom. The minimum absolute atomic E-state index is 0.586. The largest absolute Gasteiger partial charge is 0.494 e. The summed E-state index contributed by atoms with van der Waals surface area (Å²) in [6.45, 7) is 6.08. The Balaban J connectivity index is 1.66. The molecular weight excluding hydrogens is 246 g/mol. The van der Waals surface area contributed by atoms with E-state index in [0.717, 1.165) is 25.3 Å². The second-order valence-corrected chi connectivity index (χ2v) is 5.22. The number of ether oxygens (including phenoxy) is 1. The normalized spacial score (nSPS) is 10.6. The zero-order chi connectivity index (χ0) is 14.2. The van der Waals surface area contributed by atoms with E-state index in [1.54, 1.807) is 0 Å². The predicted octanol–water partition coefficient (Wildman–Crippen LogP) is 4.69. The number of anilines is 1. The van der Waals surface area contributed by atoms with Crippen LogP contribution in [0.3, 0.4) is 0 Å². The quantitative estimate of drug-likeness (QED) is 0.736. The maximum absolute atomic E-state index is 5.65. The number of benzene rings is 2. The molecule has 0 heterocycles. The fraction of sp³-hybridized carbons (Fsp3) is 0.333. The highest BCUT2D eigenvalue weighted by Crippen LogP contribution is 2.17. The fourth-order valence-electron chi connectivity index (χ4n) is 2.00. The third kappa shape index (κ3) is 4.61. The van der Waals surface area contributed by atoms with Crippen LogP contribution in [0, 0.1) is 0 Å². The monoisotopic (exact) mass is 269 g/mol. The van der Waals surface area contributed by atoms with Crippen molar-refractivity contribution in [3.63, 3.8) is 0 Å². The van der Waals surface area contributed by atoms with Crippen LogP contribution in [0.5, 0.6) is 5.75 Å². The molecule has 2 nitrogen and oxygen atoms in total. The first-order chi connectivity index (χ1) is 9.75. The lowest BCUT2D eigenvalue weighted by Crippen LogP contribution is -2.07. The molecular formula is C18H23NO. The highest BCUT2D eigenvalue weighted by molar-refractivity contribution is 5.45. The van der Waals surface area contributed by atoms with Crippen molar-refractivity contribution in [1.82, 2.24) is 0 Å². The van der Waals surface area contributed by atoms with Crippen molar-refractivity contribution in [2.45, 2.75) is 26.2 Å².